The van der Waals surface area contributed by atoms with Crippen molar-refractivity contribution >= 4 is 11.7 Å². The molecule has 2 rings (SSSR count). The van der Waals surface area contributed by atoms with Crippen molar-refractivity contribution in [3.05, 3.63) is 48.0 Å². The van der Waals surface area contributed by atoms with E-state index in [1.165, 1.54) is 0 Å². The quantitative estimate of drug-likeness (QED) is 0.797. The zero-order chi connectivity index (χ0) is 18.2. The standard InChI is InChI=1S/C19H24N2O4/c1-5-18(13-6-8-15(23-2)9-7-13)21-19(22)20-14-10-16(24-3)12-17(11-14)25-4/h6-12,18H,5H2,1-4H3,(H2,20,21,22). The molecule has 0 saturated carbocycles. The molecule has 0 heterocycles. The van der Waals surface area contributed by atoms with E-state index in [0.29, 0.717) is 17.2 Å². The van der Waals surface area contributed by atoms with E-state index in [9.17, 15) is 4.79 Å². The van der Waals surface area contributed by atoms with Crippen molar-refractivity contribution < 1.29 is 19.0 Å². The first-order chi connectivity index (χ1) is 12.1. The molecule has 0 saturated heterocycles. The van der Waals surface area contributed by atoms with E-state index in [1.54, 1.807) is 39.5 Å². The molecule has 0 fully saturated rings. The van der Waals surface area contributed by atoms with Crippen LogP contribution < -0.4 is 24.8 Å². The van der Waals surface area contributed by atoms with Crippen molar-refractivity contribution in [1.82, 2.24) is 5.32 Å². The minimum Gasteiger partial charge on any atom is -0.497 e. The van der Waals surface area contributed by atoms with Gasteiger partial charge in [0.25, 0.3) is 0 Å². The summed E-state index contributed by atoms with van der Waals surface area (Å²) >= 11 is 0. The maximum atomic E-state index is 12.3. The lowest BCUT2D eigenvalue weighted by Crippen LogP contribution is -2.32. The highest BCUT2D eigenvalue weighted by molar-refractivity contribution is 5.90. The summed E-state index contributed by atoms with van der Waals surface area (Å²) in [7, 11) is 4.76. The van der Waals surface area contributed by atoms with Crippen LogP contribution in [0.4, 0.5) is 10.5 Å². The maximum Gasteiger partial charge on any atom is 0.319 e. The Bertz CT molecular complexity index is 679. The number of hydrogen-bond donors (Lipinski definition) is 2. The third-order valence-corrected chi connectivity index (χ3v) is 3.84. The van der Waals surface area contributed by atoms with Crippen molar-refractivity contribution in [2.24, 2.45) is 0 Å². The SMILES string of the molecule is CCC(NC(=O)Nc1cc(OC)cc(OC)c1)c1ccc(OC)cc1. The van der Waals surface area contributed by atoms with Gasteiger partial charge < -0.3 is 24.8 Å². The molecule has 6 nitrogen and oxygen atoms in total. The number of anilines is 1. The minimum atomic E-state index is -0.294. The Morgan fingerprint density at radius 1 is 0.920 bits per heavy atom. The summed E-state index contributed by atoms with van der Waals surface area (Å²) in [5.74, 6) is 2.00. The molecule has 0 aliphatic carbocycles. The Hall–Kier alpha value is -2.89. The highest BCUT2D eigenvalue weighted by Crippen LogP contribution is 2.26. The number of carbonyl (C=O) groups excluding carboxylic acids is 1. The zero-order valence-corrected chi connectivity index (χ0v) is 15.0. The van der Waals surface area contributed by atoms with E-state index < -0.39 is 0 Å². The molecule has 0 radical (unpaired) electrons. The first-order valence-electron chi connectivity index (χ1n) is 8.04. The topological polar surface area (TPSA) is 68.8 Å². The summed E-state index contributed by atoms with van der Waals surface area (Å²) in [6.07, 6.45) is 0.765. The summed E-state index contributed by atoms with van der Waals surface area (Å²) in [4.78, 5) is 12.3. The Morgan fingerprint density at radius 2 is 1.48 bits per heavy atom. The lowest BCUT2D eigenvalue weighted by atomic mass is 10.0. The Morgan fingerprint density at radius 3 is 1.96 bits per heavy atom. The molecule has 25 heavy (non-hydrogen) atoms. The molecule has 2 amide bonds. The average molecular weight is 344 g/mol. The van der Waals surface area contributed by atoms with Gasteiger partial charge in [0, 0.05) is 23.9 Å². The first kappa shape index (κ1) is 18.4. The Balaban J connectivity index is 2.06. The van der Waals surface area contributed by atoms with Crippen LogP contribution in [0.1, 0.15) is 24.9 Å². The summed E-state index contributed by atoms with van der Waals surface area (Å²) < 4.78 is 15.6. The molecule has 2 aromatic rings. The van der Waals surface area contributed by atoms with Gasteiger partial charge in [0.2, 0.25) is 0 Å². The van der Waals surface area contributed by atoms with Crippen LogP contribution in [0.15, 0.2) is 42.5 Å². The second kappa shape index (κ2) is 8.82. The van der Waals surface area contributed by atoms with Crippen LogP contribution in [0, 0.1) is 0 Å². The van der Waals surface area contributed by atoms with Gasteiger partial charge in [-0.15, -0.1) is 0 Å². The fourth-order valence-corrected chi connectivity index (χ4v) is 2.46. The molecule has 2 aromatic carbocycles. The fourth-order valence-electron chi connectivity index (χ4n) is 2.46. The van der Waals surface area contributed by atoms with E-state index in [-0.39, 0.29) is 12.1 Å². The molecule has 134 valence electrons. The number of carbonyl (C=O) groups is 1. The van der Waals surface area contributed by atoms with Crippen LogP contribution in [0.3, 0.4) is 0 Å². The van der Waals surface area contributed by atoms with Gasteiger partial charge in [-0.1, -0.05) is 19.1 Å². The van der Waals surface area contributed by atoms with Gasteiger partial charge in [-0.2, -0.15) is 0 Å². The monoisotopic (exact) mass is 344 g/mol. The number of urea groups is 1. The van der Waals surface area contributed by atoms with Crippen molar-refractivity contribution in [2.45, 2.75) is 19.4 Å². The fraction of sp³-hybridized carbons (Fsp3) is 0.316. The van der Waals surface area contributed by atoms with Crippen molar-refractivity contribution in [1.29, 1.82) is 0 Å². The van der Waals surface area contributed by atoms with Crippen LogP contribution in [-0.2, 0) is 0 Å². The molecule has 2 N–H and O–H groups in total. The van der Waals surface area contributed by atoms with Gasteiger partial charge >= 0.3 is 6.03 Å². The van der Waals surface area contributed by atoms with Crippen LogP contribution in [0.25, 0.3) is 0 Å². The van der Waals surface area contributed by atoms with E-state index in [0.717, 1.165) is 17.7 Å². The van der Waals surface area contributed by atoms with Gasteiger partial charge in [-0.25, -0.2) is 4.79 Å². The molecule has 0 bridgehead atoms. The molecular weight excluding hydrogens is 320 g/mol. The minimum absolute atomic E-state index is 0.0987. The van der Waals surface area contributed by atoms with Crippen LogP contribution >= 0.6 is 0 Å². The number of hydrogen-bond acceptors (Lipinski definition) is 4. The number of methoxy groups -OCH3 is 3. The zero-order valence-electron chi connectivity index (χ0n) is 15.0. The molecule has 0 spiro atoms. The molecule has 6 heteroatoms. The highest BCUT2D eigenvalue weighted by atomic mass is 16.5. The molecule has 1 unspecified atom stereocenters. The Labute approximate surface area is 148 Å². The summed E-state index contributed by atoms with van der Waals surface area (Å²) in [6, 6.07) is 12.5. The predicted molar refractivity (Wildman–Crippen MR) is 97.7 cm³/mol. The van der Waals surface area contributed by atoms with Crippen LogP contribution in [0.2, 0.25) is 0 Å². The van der Waals surface area contributed by atoms with Gasteiger partial charge in [0.05, 0.1) is 27.4 Å². The van der Waals surface area contributed by atoms with E-state index in [2.05, 4.69) is 10.6 Å². The summed E-state index contributed by atoms with van der Waals surface area (Å²) in [6.45, 7) is 2.02. The van der Waals surface area contributed by atoms with Gasteiger partial charge in [0.15, 0.2) is 0 Å². The second-order valence-electron chi connectivity index (χ2n) is 5.43. The van der Waals surface area contributed by atoms with Gasteiger partial charge in [-0.3, -0.25) is 0 Å². The number of amides is 2. The van der Waals surface area contributed by atoms with E-state index >= 15 is 0 Å². The van der Waals surface area contributed by atoms with Crippen LogP contribution in [-0.4, -0.2) is 27.4 Å². The second-order valence-corrected chi connectivity index (χ2v) is 5.43. The smallest absolute Gasteiger partial charge is 0.319 e. The van der Waals surface area contributed by atoms with Gasteiger partial charge in [-0.05, 0) is 24.1 Å². The number of ether oxygens (including phenoxy) is 3. The van der Waals surface area contributed by atoms with Crippen molar-refractivity contribution in [3.8, 4) is 17.2 Å². The van der Waals surface area contributed by atoms with Crippen LogP contribution in [0.5, 0.6) is 17.2 Å². The third kappa shape index (κ3) is 5.04. The normalized spacial score (nSPS) is 11.4. The number of rotatable bonds is 7. The Kier molecular flexibility index (Phi) is 6.51. The summed E-state index contributed by atoms with van der Waals surface area (Å²) in [5.41, 5.74) is 1.61. The third-order valence-electron chi connectivity index (χ3n) is 3.84. The average Bonchev–Trinajstić information content (AvgIpc) is 2.65. The van der Waals surface area contributed by atoms with Crippen molar-refractivity contribution in [3.63, 3.8) is 0 Å². The maximum absolute atomic E-state index is 12.3. The molecule has 0 aliphatic rings. The molecule has 0 aliphatic heterocycles. The predicted octanol–water partition coefficient (Wildman–Crippen LogP) is 3.99. The van der Waals surface area contributed by atoms with Crippen molar-refractivity contribution in [2.75, 3.05) is 26.6 Å². The molecule has 0 aromatic heterocycles. The van der Waals surface area contributed by atoms with E-state index in [1.807, 2.05) is 31.2 Å². The van der Waals surface area contributed by atoms with Gasteiger partial charge in [0.1, 0.15) is 17.2 Å². The highest BCUT2D eigenvalue weighted by Gasteiger charge is 2.13. The van der Waals surface area contributed by atoms with E-state index in [4.69, 9.17) is 14.2 Å². The largest absolute Gasteiger partial charge is 0.497 e. The number of nitrogens with one attached hydrogen (secondary N) is 2. The first-order valence-corrected chi connectivity index (χ1v) is 8.04. The lowest BCUT2D eigenvalue weighted by Gasteiger charge is -2.18. The number of benzene rings is 2. The molecule has 1 atom stereocenters. The molecular formula is C19H24N2O4. The summed E-state index contributed by atoms with van der Waals surface area (Å²) in [5, 5.41) is 5.79. The lowest BCUT2D eigenvalue weighted by molar-refractivity contribution is 0.248.